The Morgan fingerprint density at radius 2 is 1.74 bits per heavy atom. The summed E-state index contributed by atoms with van der Waals surface area (Å²) in [5.41, 5.74) is 0. The second-order valence-electron chi connectivity index (χ2n) is 6.17. The molecule has 1 saturated carbocycles. The topological polar surface area (TPSA) is 35.5 Å². The number of benzene rings is 1. The van der Waals surface area contributed by atoms with Crippen LogP contribution in [0.25, 0.3) is 0 Å². The molecular weight excluding hydrogens is 302 g/mol. The minimum absolute atomic E-state index is 0.210. The molecular formula is C18H24F2O3. The molecule has 1 fully saturated rings. The van der Waals surface area contributed by atoms with Crippen molar-refractivity contribution in [3.05, 3.63) is 23.8 Å². The molecule has 0 N–H and O–H groups in total. The SMILES string of the molecule is CCCC[C@H]1CC[C@H](C(=O)Oc2ccc(OC)c(F)c2F)CC1. The van der Waals surface area contributed by atoms with Gasteiger partial charge in [-0.3, -0.25) is 4.79 Å². The van der Waals surface area contributed by atoms with Gasteiger partial charge in [-0.2, -0.15) is 8.78 Å². The Morgan fingerprint density at radius 1 is 1.13 bits per heavy atom. The smallest absolute Gasteiger partial charge is 0.314 e. The van der Waals surface area contributed by atoms with Crippen LogP contribution in [0.5, 0.6) is 11.5 Å². The third-order valence-electron chi connectivity index (χ3n) is 4.59. The molecule has 5 heteroatoms. The summed E-state index contributed by atoms with van der Waals surface area (Å²) in [6.07, 6.45) is 7.12. The van der Waals surface area contributed by atoms with Crippen LogP contribution in [0.2, 0.25) is 0 Å². The van der Waals surface area contributed by atoms with Crippen LogP contribution < -0.4 is 9.47 Å². The van der Waals surface area contributed by atoms with Crippen LogP contribution in [0.15, 0.2) is 12.1 Å². The van der Waals surface area contributed by atoms with Gasteiger partial charge in [-0.25, -0.2) is 0 Å². The highest BCUT2D eigenvalue weighted by molar-refractivity contribution is 5.75. The van der Waals surface area contributed by atoms with E-state index in [0.29, 0.717) is 5.92 Å². The van der Waals surface area contributed by atoms with Crippen molar-refractivity contribution < 1.29 is 23.0 Å². The molecule has 0 atom stereocenters. The van der Waals surface area contributed by atoms with Crippen LogP contribution in [0.3, 0.4) is 0 Å². The van der Waals surface area contributed by atoms with Gasteiger partial charge < -0.3 is 9.47 Å². The minimum Gasteiger partial charge on any atom is -0.494 e. The average molecular weight is 326 g/mol. The summed E-state index contributed by atoms with van der Waals surface area (Å²) in [5, 5.41) is 0. The van der Waals surface area contributed by atoms with E-state index in [-0.39, 0.29) is 17.4 Å². The highest BCUT2D eigenvalue weighted by Gasteiger charge is 2.28. The summed E-state index contributed by atoms with van der Waals surface area (Å²) >= 11 is 0. The Hall–Kier alpha value is -1.65. The lowest BCUT2D eigenvalue weighted by Crippen LogP contribution is -2.26. The summed E-state index contributed by atoms with van der Waals surface area (Å²) in [7, 11) is 1.25. The van der Waals surface area contributed by atoms with Crippen molar-refractivity contribution in [2.45, 2.75) is 51.9 Å². The molecule has 0 unspecified atom stereocenters. The molecule has 0 saturated heterocycles. The van der Waals surface area contributed by atoms with E-state index in [2.05, 4.69) is 6.92 Å². The van der Waals surface area contributed by atoms with E-state index in [1.54, 1.807) is 0 Å². The normalized spacial score (nSPS) is 21.0. The van der Waals surface area contributed by atoms with Crippen LogP contribution in [0.4, 0.5) is 8.78 Å². The van der Waals surface area contributed by atoms with Gasteiger partial charge in [0.2, 0.25) is 11.6 Å². The lowest BCUT2D eigenvalue weighted by molar-refractivity contribution is -0.140. The predicted octanol–water partition coefficient (Wildman–Crippen LogP) is 4.88. The van der Waals surface area contributed by atoms with Crippen LogP contribution in [0.1, 0.15) is 51.9 Å². The van der Waals surface area contributed by atoms with E-state index in [4.69, 9.17) is 9.47 Å². The Balaban J connectivity index is 1.92. The third-order valence-corrected chi connectivity index (χ3v) is 4.59. The molecule has 1 aromatic rings. The first-order valence-electron chi connectivity index (χ1n) is 8.30. The number of rotatable bonds is 6. The van der Waals surface area contributed by atoms with Crippen LogP contribution in [-0.4, -0.2) is 13.1 Å². The van der Waals surface area contributed by atoms with E-state index in [1.165, 1.54) is 38.5 Å². The zero-order valence-electron chi connectivity index (χ0n) is 13.7. The number of hydrogen-bond acceptors (Lipinski definition) is 3. The van der Waals surface area contributed by atoms with Gasteiger partial charge in [0, 0.05) is 0 Å². The predicted molar refractivity (Wildman–Crippen MR) is 83.5 cm³/mol. The molecule has 0 amide bonds. The molecule has 0 aliphatic heterocycles. The maximum atomic E-state index is 13.8. The van der Waals surface area contributed by atoms with Crippen molar-refractivity contribution in [1.29, 1.82) is 0 Å². The maximum absolute atomic E-state index is 13.8. The molecule has 0 aromatic heterocycles. The minimum atomic E-state index is -1.19. The van der Waals surface area contributed by atoms with Crippen molar-refractivity contribution in [3.8, 4) is 11.5 Å². The zero-order valence-corrected chi connectivity index (χ0v) is 13.7. The first-order chi connectivity index (χ1) is 11.1. The highest BCUT2D eigenvalue weighted by atomic mass is 19.2. The summed E-state index contributed by atoms with van der Waals surface area (Å²) in [4.78, 5) is 12.2. The van der Waals surface area contributed by atoms with Crippen molar-refractivity contribution in [1.82, 2.24) is 0 Å². The lowest BCUT2D eigenvalue weighted by Gasteiger charge is -2.27. The van der Waals surface area contributed by atoms with Crippen molar-refractivity contribution in [3.63, 3.8) is 0 Å². The van der Waals surface area contributed by atoms with Crippen LogP contribution in [0, 0.1) is 23.5 Å². The highest BCUT2D eigenvalue weighted by Crippen LogP contribution is 2.34. The maximum Gasteiger partial charge on any atom is 0.314 e. The second kappa shape index (κ2) is 8.27. The molecule has 1 aromatic carbocycles. The van der Waals surface area contributed by atoms with Gasteiger partial charge in [-0.1, -0.05) is 26.2 Å². The zero-order chi connectivity index (χ0) is 16.8. The molecule has 2 rings (SSSR count). The summed E-state index contributed by atoms with van der Waals surface area (Å²) < 4.78 is 37.2. The van der Waals surface area contributed by atoms with E-state index in [9.17, 15) is 13.6 Å². The standard InChI is InChI=1S/C18H24F2O3/c1-3-4-5-12-6-8-13(9-7-12)18(21)23-15-11-10-14(22-2)16(19)17(15)20/h10-13H,3-9H2,1-2H3/t12-,13-. The number of ether oxygens (including phenoxy) is 2. The number of carbonyl (C=O) groups excluding carboxylic acids is 1. The Labute approximate surface area is 136 Å². The largest absolute Gasteiger partial charge is 0.494 e. The molecule has 3 nitrogen and oxygen atoms in total. The van der Waals surface area contributed by atoms with Crippen LogP contribution in [-0.2, 0) is 4.79 Å². The first kappa shape index (κ1) is 17.7. The number of methoxy groups -OCH3 is 1. The molecule has 1 aliphatic rings. The Morgan fingerprint density at radius 3 is 2.35 bits per heavy atom. The van der Waals surface area contributed by atoms with E-state index >= 15 is 0 Å². The molecule has 0 heterocycles. The fraction of sp³-hybridized carbons (Fsp3) is 0.611. The van der Waals surface area contributed by atoms with Crippen molar-refractivity contribution in [2.24, 2.45) is 11.8 Å². The summed E-state index contributed by atoms with van der Waals surface area (Å²) in [5.74, 6) is -2.93. The first-order valence-corrected chi connectivity index (χ1v) is 8.30. The Kier molecular flexibility index (Phi) is 6.37. The molecule has 0 bridgehead atoms. The number of halogens is 2. The number of unbranched alkanes of at least 4 members (excludes halogenated alkanes) is 1. The van der Waals surface area contributed by atoms with Gasteiger partial charge in [-0.15, -0.1) is 0 Å². The molecule has 128 valence electrons. The average Bonchev–Trinajstić information content (AvgIpc) is 2.57. The van der Waals surface area contributed by atoms with Crippen LogP contribution >= 0.6 is 0 Å². The summed E-state index contributed by atoms with van der Waals surface area (Å²) in [6.45, 7) is 2.17. The van der Waals surface area contributed by atoms with Gasteiger partial charge in [0.05, 0.1) is 13.0 Å². The van der Waals surface area contributed by atoms with Gasteiger partial charge in [0.25, 0.3) is 0 Å². The molecule has 23 heavy (non-hydrogen) atoms. The fourth-order valence-electron chi connectivity index (χ4n) is 3.12. The van der Waals surface area contributed by atoms with Gasteiger partial charge >= 0.3 is 5.97 Å². The Bertz CT molecular complexity index is 537. The number of carbonyl (C=O) groups is 1. The van der Waals surface area contributed by atoms with E-state index in [1.807, 2.05) is 0 Å². The van der Waals surface area contributed by atoms with Gasteiger partial charge in [-0.05, 0) is 43.7 Å². The number of hydrogen-bond donors (Lipinski definition) is 0. The van der Waals surface area contributed by atoms with Crippen molar-refractivity contribution >= 4 is 5.97 Å². The van der Waals surface area contributed by atoms with Crippen molar-refractivity contribution in [2.75, 3.05) is 7.11 Å². The van der Waals surface area contributed by atoms with Gasteiger partial charge in [0.15, 0.2) is 11.5 Å². The molecule has 0 spiro atoms. The third kappa shape index (κ3) is 4.43. The molecule has 0 radical (unpaired) electrons. The lowest BCUT2D eigenvalue weighted by atomic mass is 9.80. The molecule has 1 aliphatic carbocycles. The van der Waals surface area contributed by atoms with E-state index < -0.39 is 17.6 Å². The van der Waals surface area contributed by atoms with E-state index in [0.717, 1.165) is 25.7 Å². The fourth-order valence-corrected chi connectivity index (χ4v) is 3.12. The summed E-state index contributed by atoms with van der Waals surface area (Å²) in [6, 6.07) is 2.48. The quantitative estimate of drug-likeness (QED) is 0.552. The second-order valence-corrected chi connectivity index (χ2v) is 6.17. The van der Waals surface area contributed by atoms with Gasteiger partial charge in [0.1, 0.15) is 0 Å². The number of esters is 1. The monoisotopic (exact) mass is 326 g/mol.